The molecule has 0 fully saturated rings. The number of rotatable bonds is 2. The summed E-state index contributed by atoms with van der Waals surface area (Å²) in [7, 11) is 0. The van der Waals surface area contributed by atoms with Crippen molar-refractivity contribution >= 4 is 50.7 Å². The molecule has 0 nitrogen and oxygen atoms in total. The van der Waals surface area contributed by atoms with E-state index in [1.807, 2.05) is 31.2 Å². The first-order chi connectivity index (χ1) is 8.50. The van der Waals surface area contributed by atoms with Gasteiger partial charge in [0, 0.05) is 14.5 Å². The molecule has 0 aliphatic rings. The minimum atomic E-state index is -0.311. The first kappa shape index (κ1) is 14.2. The van der Waals surface area contributed by atoms with Gasteiger partial charge >= 0.3 is 0 Å². The minimum Gasteiger partial charge on any atom is -0.113 e. The summed E-state index contributed by atoms with van der Waals surface area (Å²) in [6.07, 6.45) is 0. The predicted molar refractivity (Wildman–Crippen MR) is 83.0 cm³/mol. The zero-order chi connectivity index (χ0) is 13.3. The lowest BCUT2D eigenvalue weighted by Crippen LogP contribution is -1.98. The first-order valence-electron chi connectivity index (χ1n) is 5.34. The van der Waals surface area contributed by atoms with Crippen molar-refractivity contribution in [2.24, 2.45) is 0 Å². The van der Waals surface area contributed by atoms with Gasteiger partial charge in [0.25, 0.3) is 0 Å². The van der Waals surface area contributed by atoms with E-state index < -0.39 is 0 Å². The summed E-state index contributed by atoms with van der Waals surface area (Å²) in [5, 5.41) is 0.945. The molecule has 1 unspecified atom stereocenters. The van der Waals surface area contributed by atoms with E-state index in [1.54, 1.807) is 12.1 Å². The number of hydrogen-bond acceptors (Lipinski definition) is 0. The maximum absolute atomic E-state index is 6.52. The largest absolute Gasteiger partial charge is 0.113 e. The molecular weight excluding hydrogens is 354 g/mol. The molecule has 1 atom stereocenters. The fourth-order valence-corrected chi connectivity index (χ4v) is 3.04. The van der Waals surface area contributed by atoms with Gasteiger partial charge < -0.3 is 0 Å². The molecule has 0 N–H and O–H groups in total. The van der Waals surface area contributed by atoms with Crippen LogP contribution in [0.25, 0.3) is 0 Å². The van der Waals surface area contributed by atoms with Crippen LogP contribution in [0.4, 0.5) is 0 Å². The SMILES string of the molecule is Cc1c(Br)cccc1C(Cl)c1cc(Cl)ccc1Cl. The Labute approximate surface area is 130 Å². The standard InChI is InChI=1S/C14H10BrCl3/c1-8-10(3-2-4-12(8)15)14(18)11-7-9(16)5-6-13(11)17/h2-7,14H,1H3. The third-order valence-corrected chi connectivity index (χ3v) is 4.72. The Morgan fingerprint density at radius 1 is 1.06 bits per heavy atom. The molecule has 0 aliphatic heterocycles. The summed E-state index contributed by atoms with van der Waals surface area (Å²) < 4.78 is 1.03. The van der Waals surface area contributed by atoms with Gasteiger partial charge in [0.15, 0.2) is 0 Å². The number of alkyl halides is 1. The van der Waals surface area contributed by atoms with Crippen molar-refractivity contribution in [1.29, 1.82) is 0 Å². The van der Waals surface area contributed by atoms with E-state index >= 15 is 0 Å². The Hall–Kier alpha value is -0.210. The predicted octanol–water partition coefficient (Wildman–Crippen LogP) is 6.39. The molecular formula is C14H10BrCl3. The van der Waals surface area contributed by atoms with Gasteiger partial charge in [0.05, 0.1) is 5.38 Å². The van der Waals surface area contributed by atoms with Crippen LogP contribution in [-0.4, -0.2) is 0 Å². The lowest BCUT2D eigenvalue weighted by molar-refractivity contribution is 1.10. The third-order valence-electron chi connectivity index (χ3n) is 2.81. The highest BCUT2D eigenvalue weighted by atomic mass is 79.9. The van der Waals surface area contributed by atoms with Crippen molar-refractivity contribution in [1.82, 2.24) is 0 Å². The number of hydrogen-bond donors (Lipinski definition) is 0. The van der Waals surface area contributed by atoms with Gasteiger partial charge in [0.2, 0.25) is 0 Å². The van der Waals surface area contributed by atoms with Crippen molar-refractivity contribution in [2.75, 3.05) is 0 Å². The smallest absolute Gasteiger partial charge is 0.0853 e. The van der Waals surface area contributed by atoms with Crippen LogP contribution in [0.1, 0.15) is 22.1 Å². The van der Waals surface area contributed by atoms with E-state index in [-0.39, 0.29) is 5.38 Å². The molecule has 94 valence electrons. The molecule has 0 aliphatic carbocycles. The molecule has 0 aromatic heterocycles. The highest BCUT2D eigenvalue weighted by Crippen LogP contribution is 2.37. The second-order valence-electron chi connectivity index (χ2n) is 3.98. The fourth-order valence-electron chi connectivity index (χ4n) is 1.78. The van der Waals surface area contributed by atoms with Crippen molar-refractivity contribution in [2.45, 2.75) is 12.3 Å². The van der Waals surface area contributed by atoms with Gasteiger partial charge in [-0.3, -0.25) is 0 Å². The summed E-state index contributed by atoms with van der Waals surface area (Å²) in [6.45, 7) is 2.02. The molecule has 18 heavy (non-hydrogen) atoms. The van der Waals surface area contributed by atoms with Gasteiger partial charge in [-0.15, -0.1) is 11.6 Å². The molecule has 0 saturated carbocycles. The minimum absolute atomic E-state index is 0.311. The average Bonchev–Trinajstić information content (AvgIpc) is 2.35. The van der Waals surface area contributed by atoms with Gasteiger partial charge in [0.1, 0.15) is 0 Å². The Balaban J connectivity index is 2.51. The summed E-state index contributed by atoms with van der Waals surface area (Å²) >= 11 is 22.2. The molecule has 0 amide bonds. The van der Waals surface area contributed by atoms with E-state index in [2.05, 4.69) is 15.9 Å². The van der Waals surface area contributed by atoms with Crippen LogP contribution in [0, 0.1) is 6.92 Å². The zero-order valence-electron chi connectivity index (χ0n) is 9.55. The van der Waals surface area contributed by atoms with E-state index in [9.17, 15) is 0 Å². The molecule has 0 spiro atoms. The van der Waals surface area contributed by atoms with Crippen LogP contribution >= 0.6 is 50.7 Å². The topological polar surface area (TPSA) is 0 Å². The summed E-state index contributed by atoms with van der Waals surface area (Å²) in [5.41, 5.74) is 2.95. The Morgan fingerprint density at radius 3 is 2.50 bits per heavy atom. The Bertz CT molecular complexity index is 579. The Kier molecular flexibility index (Phi) is 4.60. The maximum Gasteiger partial charge on any atom is 0.0853 e. The lowest BCUT2D eigenvalue weighted by atomic mass is 10.00. The molecule has 0 saturated heterocycles. The second kappa shape index (κ2) is 5.83. The molecule has 0 heterocycles. The number of halogens is 4. The normalized spacial score (nSPS) is 12.5. The van der Waals surface area contributed by atoms with Gasteiger partial charge in [-0.2, -0.15) is 0 Å². The van der Waals surface area contributed by atoms with Gasteiger partial charge in [-0.25, -0.2) is 0 Å². The van der Waals surface area contributed by atoms with Gasteiger partial charge in [-0.05, 0) is 47.9 Å². The fraction of sp³-hybridized carbons (Fsp3) is 0.143. The molecule has 2 rings (SSSR count). The van der Waals surface area contributed by atoms with Crippen molar-refractivity contribution in [3.05, 3.63) is 67.6 Å². The molecule has 2 aromatic carbocycles. The van der Waals surface area contributed by atoms with Crippen LogP contribution in [0.5, 0.6) is 0 Å². The van der Waals surface area contributed by atoms with Crippen LogP contribution in [0.2, 0.25) is 10.0 Å². The van der Waals surface area contributed by atoms with E-state index in [0.29, 0.717) is 10.0 Å². The third kappa shape index (κ3) is 2.85. The second-order valence-corrected chi connectivity index (χ2v) is 6.12. The molecule has 0 radical (unpaired) electrons. The zero-order valence-corrected chi connectivity index (χ0v) is 13.4. The molecule has 0 bridgehead atoms. The quantitative estimate of drug-likeness (QED) is 0.541. The van der Waals surface area contributed by atoms with Crippen molar-refractivity contribution < 1.29 is 0 Å². The summed E-state index contributed by atoms with van der Waals surface area (Å²) in [5.74, 6) is 0. The van der Waals surface area contributed by atoms with E-state index in [0.717, 1.165) is 21.2 Å². The maximum atomic E-state index is 6.52. The van der Waals surface area contributed by atoms with Crippen LogP contribution < -0.4 is 0 Å². The van der Waals surface area contributed by atoms with Crippen molar-refractivity contribution in [3.8, 4) is 0 Å². The Morgan fingerprint density at radius 2 is 1.78 bits per heavy atom. The average molecular weight is 364 g/mol. The van der Waals surface area contributed by atoms with Crippen LogP contribution in [-0.2, 0) is 0 Å². The van der Waals surface area contributed by atoms with Crippen molar-refractivity contribution in [3.63, 3.8) is 0 Å². The highest BCUT2D eigenvalue weighted by Gasteiger charge is 2.17. The van der Waals surface area contributed by atoms with Crippen LogP contribution in [0.3, 0.4) is 0 Å². The van der Waals surface area contributed by atoms with Crippen LogP contribution in [0.15, 0.2) is 40.9 Å². The summed E-state index contributed by atoms with van der Waals surface area (Å²) in [4.78, 5) is 0. The molecule has 4 heteroatoms. The number of benzene rings is 2. The highest BCUT2D eigenvalue weighted by molar-refractivity contribution is 9.10. The van der Waals surface area contributed by atoms with E-state index in [1.165, 1.54) is 0 Å². The lowest BCUT2D eigenvalue weighted by Gasteiger charge is -2.16. The monoisotopic (exact) mass is 362 g/mol. The summed E-state index contributed by atoms with van der Waals surface area (Å²) in [6, 6.07) is 11.3. The van der Waals surface area contributed by atoms with E-state index in [4.69, 9.17) is 34.8 Å². The molecule has 2 aromatic rings. The first-order valence-corrected chi connectivity index (χ1v) is 7.33. The van der Waals surface area contributed by atoms with Gasteiger partial charge in [-0.1, -0.05) is 51.3 Å².